The number of hydrogen-bond donors (Lipinski definition) is 2. The first kappa shape index (κ1) is 10.9. The number of carbonyl (C=O) groups excluding carboxylic acids is 1. The summed E-state index contributed by atoms with van der Waals surface area (Å²) >= 11 is 0. The number of furan rings is 1. The van der Waals surface area contributed by atoms with E-state index in [1.54, 1.807) is 13.0 Å². The fourth-order valence-corrected chi connectivity index (χ4v) is 1.21. The third kappa shape index (κ3) is 2.30. The Hall–Kier alpha value is -2.64. The van der Waals surface area contributed by atoms with Crippen LogP contribution in [-0.4, -0.2) is 21.0 Å². The Kier molecular flexibility index (Phi) is 2.61. The highest BCUT2D eigenvalue weighted by molar-refractivity contribution is 6.01. The minimum atomic E-state index is -0.713. The monoisotopic (exact) mass is 236 g/mol. The van der Waals surface area contributed by atoms with Crippen LogP contribution in [0.1, 0.15) is 16.2 Å². The summed E-state index contributed by atoms with van der Waals surface area (Å²) in [6.45, 7) is 1.78. The molecule has 88 valence electrons. The van der Waals surface area contributed by atoms with E-state index in [1.165, 1.54) is 6.07 Å². The second kappa shape index (κ2) is 4.08. The maximum absolute atomic E-state index is 11.6. The molecule has 0 bridgehead atoms. The van der Waals surface area contributed by atoms with Gasteiger partial charge in [-0.25, -0.2) is 0 Å². The molecule has 0 fully saturated rings. The molecule has 0 radical (unpaired) electrons. The molecule has 2 aromatic heterocycles. The van der Waals surface area contributed by atoms with E-state index >= 15 is 0 Å². The summed E-state index contributed by atoms with van der Waals surface area (Å²) in [5.74, 6) is -0.887. The van der Waals surface area contributed by atoms with Crippen LogP contribution in [0.4, 0.5) is 11.7 Å². The van der Waals surface area contributed by atoms with E-state index in [0.29, 0.717) is 5.82 Å². The van der Waals surface area contributed by atoms with E-state index in [4.69, 9.17) is 4.42 Å². The van der Waals surface area contributed by atoms with Crippen LogP contribution >= 0.6 is 0 Å². The SMILES string of the molecule is Cc1cc(NC(=O)c2ccc([N+](=O)[O-])o2)n[nH]1. The Labute approximate surface area is 94.8 Å². The van der Waals surface area contributed by atoms with Gasteiger partial charge in [0.15, 0.2) is 11.6 Å². The second-order valence-corrected chi connectivity index (χ2v) is 3.29. The van der Waals surface area contributed by atoms with E-state index in [0.717, 1.165) is 11.8 Å². The van der Waals surface area contributed by atoms with Crippen molar-refractivity contribution in [3.63, 3.8) is 0 Å². The Morgan fingerprint density at radius 1 is 1.59 bits per heavy atom. The predicted molar refractivity (Wildman–Crippen MR) is 56.6 cm³/mol. The number of anilines is 1. The van der Waals surface area contributed by atoms with Crippen molar-refractivity contribution in [1.82, 2.24) is 10.2 Å². The molecule has 0 aliphatic rings. The van der Waals surface area contributed by atoms with E-state index in [1.807, 2.05) is 0 Å². The van der Waals surface area contributed by atoms with Crippen LogP contribution in [0.2, 0.25) is 0 Å². The fraction of sp³-hybridized carbons (Fsp3) is 0.111. The van der Waals surface area contributed by atoms with E-state index in [2.05, 4.69) is 15.5 Å². The first-order chi connectivity index (χ1) is 8.06. The summed E-state index contributed by atoms with van der Waals surface area (Å²) in [5, 5.41) is 19.2. The molecule has 0 atom stereocenters. The molecular weight excluding hydrogens is 228 g/mol. The molecule has 0 saturated heterocycles. The smallest absolute Gasteiger partial charge is 0.395 e. The molecule has 0 saturated carbocycles. The van der Waals surface area contributed by atoms with Gasteiger partial charge < -0.3 is 9.73 Å². The van der Waals surface area contributed by atoms with Gasteiger partial charge in [0.2, 0.25) is 0 Å². The highest BCUT2D eigenvalue weighted by Gasteiger charge is 2.17. The number of nitrogens with zero attached hydrogens (tertiary/aromatic N) is 2. The van der Waals surface area contributed by atoms with Crippen LogP contribution in [-0.2, 0) is 0 Å². The topological polar surface area (TPSA) is 114 Å². The van der Waals surface area contributed by atoms with Gasteiger partial charge in [0.25, 0.3) is 5.91 Å². The third-order valence-electron chi connectivity index (χ3n) is 1.94. The van der Waals surface area contributed by atoms with Gasteiger partial charge in [-0.05, 0) is 13.0 Å². The van der Waals surface area contributed by atoms with E-state index in [-0.39, 0.29) is 5.76 Å². The number of hydrogen-bond acceptors (Lipinski definition) is 5. The summed E-state index contributed by atoms with van der Waals surface area (Å²) in [4.78, 5) is 21.2. The average molecular weight is 236 g/mol. The fourth-order valence-electron chi connectivity index (χ4n) is 1.21. The largest absolute Gasteiger partial charge is 0.433 e. The molecule has 0 unspecified atom stereocenters. The van der Waals surface area contributed by atoms with Gasteiger partial charge in [-0.3, -0.25) is 20.0 Å². The second-order valence-electron chi connectivity index (χ2n) is 3.29. The first-order valence-corrected chi connectivity index (χ1v) is 4.64. The van der Waals surface area contributed by atoms with Gasteiger partial charge in [0, 0.05) is 11.8 Å². The zero-order valence-corrected chi connectivity index (χ0v) is 8.76. The predicted octanol–water partition coefficient (Wildman–Crippen LogP) is 1.47. The molecule has 2 rings (SSSR count). The number of carbonyl (C=O) groups is 1. The number of aryl methyl sites for hydroxylation is 1. The van der Waals surface area contributed by atoms with Gasteiger partial charge in [-0.1, -0.05) is 0 Å². The van der Waals surface area contributed by atoms with Crippen molar-refractivity contribution >= 4 is 17.6 Å². The Bertz CT molecular complexity index is 571. The number of nitro groups is 1. The van der Waals surface area contributed by atoms with E-state index < -0.39 is 16.7 Å². The highest BCUT2D eigenvalue weighted by Crippen LogP contribution is 2.16. The minimum absolute atomic E-state index is 0.141. The number of H-pyrrole nitrogens is 1. The number of aromatic amines is 1. The van der Waals surface area contributed by atoms with Crippen molar-refractivity contribution in [2.24, 2.45) is 0 Å². The summed E-state index contributed by atoms with van der Waals surface area (Å²) in [6.07, 6.45) is 0. The maximum Gasteiger partial charge on any atom is 0.433 e. The summed E-state index contributed by atoms with van der Waals surface area (Å²) < 4.78 is 4.74. The zero-order chi connectivity index (χ0) is 12.4. The summed E-state index contributed by atoms with van der Waals surface area (Å²) in [7, 11) is 0. The lowest BCUT2D eigenvalue weighted by Crippen LogP contribution is -2.11. The number of aromatic nitrogens is 2. The number of rotatable bonds is 3. The lowest BCUT2D eigenvalue weighted by molar-refractivity contribution is -0.402. The molecular formula is C9H8N4O4. The van der Waals surface area contributed by atoms with Crippen molar-refractivity contribution in [3.8, 4) is 0 Å². The first-order valence-electron chi connectivity index (χ1n) is 4.64. The molecule has 2 N–H and O–H groups in total. The van der Waals surface area contributed by atoms with Crippen LogP contribution in [0, 0.1) is 17.0 Å². The lowest BCUT2D eigenvalue weighted by Gasteiger charge is -1.96. The molecule has 8 nitrogen and oxygen atoms in total. The Morgan fingerprint density at radius 2 is 2.35 bits per heavy atom. The van der Waals surface area contributed by atoms with Crippen LogP contribution < -0.4 is 5.32 Å². The normalized spacial score (nSPS) is 10.2. The number of nitrogens with one attached hydrogen (secondary N) is 2. The third-order valence-corrected chi connectivity index (χ3v) is 1.94. The van der Waals surface area contributed by atoms with Crippen molar-refractivity contribution < 1.29 is 14.1 Å². The van der Waals surface area contributed by atoms with Gasteiger partial charge in [-0.2, -0.15) is 5.10 Å². The number of amides is 1. The molecule has 0 spiro atoms. The summed E-state index contributed by atoms with van der Waals surface area (Å²) in [5.41, 5.74) is 0.783. The van der Waals surface area contributed by atoms with Crippen molar-refractivity contribution in [2.75, 3.05) is 5.32 Å². The van der Waals surface area contributed by atoms with Crippen molar-refractivity contribution in [3.05, 3.63) is 39.8 Å². The molecule has 0 aromatic carbocycles. The Balaban J connectivity index is 2.11. The van der Waals surface area contributed by atoms with E-state index in [9.17, 15) is 14.9 Å². The van der Waals surface area contributed by atoms with Crippen LogP contribution in [0.15, 0.2) is 22.6 Å². The zero-order valence-electron chi connectivity index (χ0n) is 8.76. The molecule has 1 amide bonds. The molecule has 2 heterocycles. The van der Waals surface area contributed by atoms with Crippen LogP contribution in [0.3, 0.4) is 0 Å². The van der Waals surface area contributed by atoms with Crippen LogP contribution in [0.5, 0.6) is 0 Å². The van der Waals surface area contributed by atoms with Gasteiger partial charge >= 0.3 is 5.88 Å². The van der Waals surface area contributed by atoms with Gasteiger partial charge in [-0.15, -0.1) is 0 Å². The lowest BCUT2D eigenvalue weighted by atomic mass is 10.4. The van der Waals surface area contributed by atoms with Crippen LogP contribution in [0.25, 0.3) is 0 Å². The molecule has 0 aliphatic heterocycles. The maximum atomic E-state index is 11.6. The quantitative estimate of drug-likeness (QED) is 0.618. The van der Waals surface area contributed by atoms with Gasteiger partial charge in [0.05, 0.1) is 6.07 Å². The highest BCUT2D eigenvalue weighted by atomic mass is 16.6. The molecule has 0 aliphatic carbocycles. The Morgan fingerprint density at radius 3 is 2.88 bits per heavy atom. The standard InChI is InChI=1S/C9H8N4O4/c1-5-4-7(12-11-5)10-9(14)6-2-3-8(17-6)13(15)16/h2-4H,1H3,(H2,10,11,12,14). The van der Waals surface area contributed by atoms with Crippen molar-refractivity contribution in [1.29, 1.82) is 0 Å². The average Bonchev–Trinajstić information content (AvgIpc) is 2.86. The minimum Gasteiger partial charge on any atom is -0.395 e. The van der Waals surface area contributed by atoms with Gasteiger partial charge in [0.1, 0.15) is 4.92 Å². The summed E-state index contributed by atoms with van der Waals surface area (Å²) in [6, 6.07) is 3.97. The molecule has 17 heavy (non-hydrogen) atoms. The molecule has 8 heteroatoms. The van der Waals surface area contributed by atoms with Crippen molar-refractivity contribution in [2.45, 2.75) is 6.92 Å². The molecule has 2 aromatic rings.